The van der Waals surface area contributed by atoms with Crippen molar-refractivity contribution in [3.8, 4) is 17.1 Å². The second-order valence-electron chi connectivity index (χ2n) is 6.92. The molecule has 4 N–H and O–H groups in total. The van der Waals surface area contributed by atoms with Gasteiger partial charge in [0.25, 0.3) is 0 Å². The fourth-order valence-corrected chi connectivity index (χ4v) is 3.76. The van der Waals surface area contributed by atoms with E-state index in [1.807, 2.05) is 12.1 Å². The van der Waals surface area contributed by atoms with Crippen molar-refractivity contribution in [2.45, 2.75) is 38.4 Å². The summed E-state index contributed by atoms with van der Waals surface area (Å²) in [4.78, 5) is 4.56. The molecule has 1 fully saturated rings. The van der Waals surface area contributed by atoms with Gasteiger partial charge in [0.15, 0.2) is 0 Å². The van der Waals surface area contributed by atoms with Crippen LogP contribution in [0.3, 0.4) is 0 Å². The van der Waals surface area contributed by atoms with Crippen molar-refractivity contribution in [2.75, 3.05) is 13.7 Å². The second-order valence-corrected chi connectivity index (χ2v) is 7.30. The summed E-state index contributed by atoms with van der Waals surface area (Å²) in [5, 5.41) is 26.2. The fraction of sp³-hybridized carbons (Fsp3) is 0.421. The van der Waals surface area contributed by atoms with Crippen LogP contribution in [0.25, 0.3) is 11.3 Å². The van der Waals surface area contributed by atoms with Crippen LogP contribution in [-0.2, 0) is 6.54 Å². The molecule has 0 saturated carbocycles. The standard InChI is InChI=1S/C19H25BClN3O3/c1-12-6-8-14(23-12)11-22-10-13-7-9-17(24-19(13)27-2)15-4-3-5-16(18(15)21)20(25)26/h3-5,7,9,12,14,22-23,25-26H,6,8,10-11H2,1-2H3. The number of nitrogens with one attached hydrogen (secondary N) is 2. The molecule has 8 heteroatoms. The Hall–Kier alpha value is -1.64. The Morgan fingerprint density at radius 2 is 2.11 bits per heavy atom. The zero-order valence-electron chi connectivity index (χ0n) is 15.6. The van der Waals surface area contributed by atoms with E-state index in [0.29, 0.717) is 35.8 Å². The monoisotopic (exact) mass is 389 g/mol. The predicted molar refractivity (Wildman–Crippen MR) is 108 cm³/mol. The van der Waals surface area contributed by atoms with Crippen LogP contribution >= 0.6 is 11.6 Å². The number of hydrogen-bond acceptors (Lipinski definition) is 6. The van der Waals surface area contributed by atoms with Crippen LogP contribution in [0.4, 0.5) is 0 Å². The second kappa shape index (κ2) is 9.04. The molecular weight excluding hydrogens is 364 g/mol. The van der Waals surface area contributed by atoms with E-state index >= 15 is 0 Å². The van der Waals surface area contributed by atoms with Gasteiger partial charge in [-0.05, 0) is 25.8 Å². The molecule has 0 spiro atoms. The zero-order chi connectivity index (χ0) is 19.4. The molecule has 3 rings (SSSR count). The topological polar surface area (TPSA) is 86.6 Å². The number of methoxy groups -OCH3 is 1. The minimum absolute atomic E-state index is 0.249. The molecule has 0 radical (unpaired) electrons. The zero-order valence-corrected chi connectivity index (χ0v) is 16.3. The third kappa shape index (κ3) is 4.80. The number of ether oxygens (including phenoxy) is 1. The van der Waals surface area contributed by atoms with Crippen LogP contribution in [0.2, 0.25) is 5.02 Å². The average Bonchev–Trinajstić information content (AvgIpc) is 3.07. The molecule has 0 bridgehead atoms. The lowest BCUT2D eigenvalue weighted by Crippen LogP contribution is -2.36. The maximum atomic E-state index is 9.44. The molecule has 6 nitrogen and oxygen atoms in total. The van der Waals surface area contributed by atoms with Gasteiger partial charge in [-0.3, -0.25) is 0 Å². The highest BCUT2D eigenvalue weighted by molar-refractivity contribution is 6.63. The van der Waals surface area contributed by atoms with Gasteiger partial charge in [-0.25, -0.2) is 4.98 Å². The SMILES string of the molecule is COc1nc(-c2cccc(B(O)O)c2Cl)ccc1CNCC1CCC(C)N1. The minimum Gasteiger partial charge on any atom is -0.481 e. The highest BCUT2D eigenvalue weighted by Crippen LogP contribution is 2.28. The number of hydrogen-bond donors (Lipinski definition) is 4. The molecule has 0 amide bonds. The van der Waals surface area contributed by atoms with Crippen LogP contribution in [0.5, 0.6) is 5.88 Å². The summed E-state index contributed by atoms with van der Waals surface area (Å²) in [6, 6.07) is 10.00. The van der Waals surface area contributed by atoms with E-state index in [1.54, 1.807) is 25.3 Å². The molecule has 1 aliphatic heterocycles. The van der Waals surface area contributed by atoms with Gasteiger partial charge in [0, 0.05) is 46.8 Å². The van der Waals surface area contributed by atoms with Crippen LogP contribution in [0, 0.1) is 0 Å². The van der Waals surface area contributed by atoms with Gasteiger partial charge in [0.2, 0.25) is 5.88 Å². The number of benzene rings is 1. The first-order valence-electron chi connectivity index (χ1n) is 9.15. The number of aromatic nitrogens is 1. The summed E-state index contributed by atoms with van der Waals surface area (Å²) in [6.45, 7) is 3.77. The number of halogens is 1. The van der Waals surface area contributed by atoms with Gasteiger partial charge in [-0.2, -0.15) is 0 Å². The van der Waals surface area contributed by atoms with E-state index in [4.69, 9.17) is 16.3 Å². The highest BCUT2D eigenvalue weighted by atomic mass is 35.5. The van der Waals surface area contributed by atoms with E-state index in [0.717, 1.165) is 12.1 Å². The lowest BCUT2D eigenvalue weighted by molar-refractivity contribution is 0.390. The quantitative estimate of drug-likeness (QED) is 0.534. The van der Waals surface area contributed by atoms with Crippen molar-refractivity contribution in [3.63, 3.8) is 0 Å². The Kier molecular flexibility index (Phi) is 6.73. The van der Waals surface area contributed by atoms with Crippen molar-refractivity contribution in [2.24, 2.45) is 0 Å². The number of nitrogens with zero attached hydrogens (tertiary/aromatic N) is 1. The van der Waals surface area contributed by atoms with E-state index in [9.17, 15) is 10.0 Å². The maximum Gasteiger partial charge on any atom is 0.489 e. The first-order valence-corrected chi connectivity index (χ1v) is 9.53. The summed E-state index contributed by atoms with van der Waals surface area (Å²) in [7, 11) is -0.0413. The molecule has 144 valence electrons. The van der Waals surface area contributed by atoms with Crippen molar-refractivity contribution >= 4 is 24.2 Å². The molecule has 2 unspecified atom stereocenters. The van der Waals surface area contributed by atoms with Gasteiger partial charge in [0.1, 0.15) is 0 Å². The molecule has 0 aliphatic carbocycles. The summed E-state index contributed by atoms with van der Waals surface area (Å²) < 4.78 is 5.46. The van der Waals surface area contributed by atoms with Crippen LogP contribution < -0.4 is 20.8 Å². The molecule has 1 aromatic carbocycles. The Labute approximate surface area is 165 Å². The van der Waals surface area contributed by atoms with Gasteiger partial charge < -0.3 is 25.4 Å². The Morgan fingerprint density at radius 1 is 1.30 bits per heavy atom. The Balaban J connectivity index is 1.74. The van der Waals surface area contributed by atoms with Crippen LogP contribution in [-0.4, -0.2) is 47.9 Å². The molecule has 2 aromatic rings. The smallest absolute Gasteiger partial charge is 0.481 e. The van der Waals surface area contributed by atoms with Gasteiger partial charge in [-0.15, -0.1) is 0 Å². The minimum atomic E-state index is -1.63. The van der Waals surface area contributed by atoms with Crippen LogP contribution in [0.1, 0.15) is 25.3 Å². The van der Waals surface area contributed by atoms with Crippen molar-refractivity contribution in [1.82, 2.24) is 15.6 Å². The molecule has 2 atom stereocenters. The van der Waals surface area contributed by atoms with Gasteiger partial charge in [-0.1, -0.05) is 35.9 Å². The number of rotatable bonds is 7. The predicted octanol–water partition coefficient (Wildman–Crippen LogP) is 1.32. The lowest BCUT2D eigenvalue weighted by Gasteiger charge is -2.15. The first kappa shape index (κ1) is 20.1. The average molecular weight is 390 g/mol. The normalized spacial score (nSPS) is 19.3. The van der Waals surface area contributed by atoms with Crippen LogP contribution in [0.15, 0.2) is 30.3 Å². The van der Waals surface area contributed by atoms with Crippen molar-refractivity contribution in [3.05, 3.63) is 40.9 Å². The Bertz CT molecular complexity index is 791. The maximum absolute atomic E-state index is 9.44. The molecule has 27 heavy (non-hydrogen) atoms. The van der Waals surface area contributed by atoms with E-state index in [1.165, 1.54) is 12.8 Å². The lowest BCUT2D eigenvalue weighted by atomic mass is 9.79. The summed E-state index contributed by atoms with van der Waals surface area (Å²) in [5.74, 6) is 0.527. The van der Waals surface area contributed by atoms with E-state index in [2.05, 4.69) is 22.5 Å². The first-order chi connectivity index (χ1) is 13.0. The third-order valence-corrected chi connectivity index (χ3v) is 5.31. The summed E-state index contributed by atoms with van der Waals surface area (Å²) >= 11 is 6.32. The third-order valence-electron chi connectivity index (χ3n) is 4.89. The summed E-state index contributed by atoms with van der Waals surface area (Å²) in [5.41, 5.74) is 2.46. The van der Waals surface area contributed by atoms with E-state index in [-0.39, 0.29) is 10.5 Å². The highest BCUT2D eigenvalue weighted by Gasteiger charge is 2.21. The molecule has 1 aromatic heterocycles. The molecule has 2 heterocycles. The Morgan fingerprint density at radius 3 is 2.78 bits per heavy atom. The largest absolute Gasteiger partial charge is 0.489 e. The van der Waals surface area contributed by atoms with Crippen molar-refractivity contribution < 1.29 is 14.8 Å². The van der Waals surface area contributed by atoms with Gasteiger partial charge in [0.05, 0.1) is 12.8 Å². The van der Waals surface area contributed by atoms with Gasteiger partial charge >= 0.3 is 7.12 Å². The number of pyridine rings is 1. The molecule has 1 aliphatic rings. The molecule has 1 saturated heterocycles. The summed E-state index contributed by atoms with van der Waals surface area (Å²) in [6.07, 6.45) is 2.41. The fourth-order valence-electron chi connectivity index (χ4n) is 3.44. The van der Waals surface area contributed by atoms with Crippen molar-refractivity contribution in [1.29, 1.82) is 0 Å². The van der Waals surface area contributed by atoms with E-state index < -0.39 is 7.12 Å². The molecular formula is C19H25BClN3O3.